The third-order valence-corrected chi connectivity index (χ3v) is 7.85. The minimum atomic E-state index is -3.40. The van der Waals surface area contributed by atoms with Crippen molar-refractivity contribution >= 4 is 26.7 Å². The molecule has 1 aliphatic heterocycles. The molecule has 0 bridgehead atoms. The zero-order valence-corrected chi connectivity index (χ0v) is 18.6. The van der Waals surface area contributed by atoms with Crippen LogP contribution in [0.2, 0.25) is 0 Å². The molecular formula is C25H28N2O3S. The molecule has 4 rings (SSSR count). The van der Waals surface area contributed by atoms with Gasteiger partial charge in [-0.1, -0.05) is 54.6 Å². The van der Waals surface area contributed by atoms with Crippen molar-refractivity contribution in [2.75, 3.05) is 13.1 Å². The lowest BCUT2D eigenvalue weighted by Crippen LogP contribution is -2.28. The maximum atomic E-state index is 12.6. The van der Waals surface area contributed by atoms with Gasteiger partial charge in [-0.25, -0.2) is 8.42 Å². The van der Waals surface area contributed by atoms with Crippen LogP contribution in [0.4, 0.5) is 0 Å². The molecule has 0 aromatic heterocycles. The second-order valence-electron chi connectivity index (χ2n) is 8.11. The number of nitrogens with one attached hydrogen (secondary N) is 1. The molecule has 1 atom stereocenters. The molecule has 0 saturated carbocycles. The Morgan fingerprint density at radius 2 is 1.65 bits per heavy atom. The van der Waals surface area contributed by atoms with Crippen molar-refractivity contribution in [2.24, 2.45) is 0 Å². The number of rotatable bonds is 7. The SMILES string of the molecule is C[C@H](NC(=O)CCc1ccc(S(=O)(=O)N2CCCC2)cc1)c1cccc2ccccc12. The molecule has 31 heavy (non-hydrogen) atoms. The van der Waals surface area contributed by atoms with Crippen LogP contribution >= 0.6 is 0 Å². The molecule has 0 aliphatic carbocycles. The number of amides is 1. The van der Waals surface area contributed by atoms with Crippen LogP contribution in [-0.2, 0) is 21.2 Å². The van der Waals surface area contributed by atoms with E-state index in [1.54, 1.807) is 16.4 Å². The summed E-state index contributed by atoms with van der Waals surface area (Å²) in [5, 5.41) is 5.39. The number of aryl methyl sites for hydroxylation is 1. The number of fused-ring (bicyclic) bond motifs is 1. The highest BCUT2D eigenvalue weighted by atomic mass is 32.2. The van der Waals surface area contributed by atoms with E-state index in [1.165, 1.54) is 0 Å². The number of nitrogens with zero attached hydrogens (tertiary/aromatic N) is 1. The van der Waals surface area contributed by atoms with Crippen LogP contribution in [0.3, 0.4) is 0 Å². The first kappa shape index (κ1) is 21.5. The lowest BCUT2D eigenvalue weighted by atomic mass is 9.99. The zero-order chi connectivity index (χ0) is 21.8. The van der Waals surface area contributed by atoms with Gasteiger partial charge in [0.1, 0.15) is 0 Å². The van der Waals surface area contributed by atoms with E-state index in [0.717, 1.165) is 34.7 Å². The van der Waals surface area contributed by atoms with E-state index >= 15 is 0 Å². The molecule has 1 fully saturated rings. The van der Waals surface area contributed by atoms with E-state index in [2.05, 4.69) is 23.5 Å². The first-order valence-electron chi connectivity index (χ1n) is 10.8. The molecule has 3 aromatic carbocycles. The monoisotopic (exact) mass is 436 g/mol. The Balaban J connectivity index is 1.35. The maximum Gasteiger partial charge on any atom is 0.243 e. The predicted molar refractivity (Wildman–Crippen MR) is 123 cm³/mol. The maximum absolute atomic E-state index is 12.6. The molecule has 1 amide bonds. The topological polar surface area (TPSA) is 66.5 Å². The smallest absolute Gasteiger partial charge is 0.243 e. The lowest BCUT2D eigenvalue weighted by Gasteiger charge is -2.17. The molecule has 6 heteroatoms. The number of carbonyl (C=O) groups is 1. The van der Waals surface area contributed by atoms with Crippen LogP contribution in [0, 0.1) is 0 Å². The summed E-state index contributed by atoms with van der Waals surface area (Å²) in [6.07, 6.45) is 2.76. The standard InChI is InChI=1S/C25H28N2O3S/c1-19(23-10-6-8-21-7-2-3-9-24(21)23)26-25(28)16-13-20-11-14-22(15-12-20)31(29,30)27-17-4-5-18-27/h2-3,6-12,14-15,19H,4-5,13,16-18H2,1H3,(H,26,28)/t19-/m0/s1. The molecule has 1 saturated heterocycles. The molecule has 162 valence electrons. The van der Waals surface area contributed by atoms with E-state index in [9.17, 15) is 13.2 Å². The first-order valence-corrected chi connectivity index (χ1v) is 12.3. The van der Waals surface area contributed by atoms with Crippen molar-refractivity contribution in [2.45, 2.75) is 43.5 Å². The Morgan fingerprint density at radius 3 is 2.39 bits per heavy atom. The highest BCUT2D eigenvalue weighted by Gasteiger charge is 2.26. The second kappa shape index (κ2) is 9.20. The summed E-state index contributed by atoms with van der Waals surface area (Å²) in [4.78, 5) is 12.8. The number of hydrogen-bond donors (Lipinski definition) is 1. The van der Waals surface area contributed by atoms with Gasteiger partial charge >= 0.3 is 0 Å². The highest BCUT2D eigenvalue weighted by Crippen LogP contribution is 2.24. The molecular weight excluding hydrogens is 408 g/mol. The summed E-state index contributed by atoms with van der Waals surface area (Å²) in [5.74, 6) is -0.0193. The summed E-state index contributed by atoms with van der Waals surface area (Å²) in [6.45, 7) is 3.19. The van der Waals surface area contributed by atoms with Gasteiger partial charge in [0.15, 0.2) is 0 Å². The van der Waals surface area contributed by atoms with Crippen molar-refractivity contribution in [3.05, 3.63) is 77.9 Å². The van der Waals surface area contributed by atoms with Gasteiger partial charge in [-0.15, -0.1) is 0 Å². The third-order valence-electron chi connectivity index (χ3n) is 5.93. The van der Waals surface area contributed by atoms with Crippen LogP contribution in [0.25, 0.3) is 10.8 Å². The van der Waals surface area contributed by atoms with Crippen LogP contribution in [-0.4, -0.2) is 31.7 Å². The van der Waals surface area contributed by atoms with Crippen molar-refractivity contribution in [3.63, 3.8) is 0 Å². The van der Waals surface area contributed by atoms with E-state index in [-0.39, 0.29) is 11.9 Å². The van der Waals surface area contributed by atoms with Crippen LogP contribution in [0.5, 0.6) is 0 Å². The summed E-state index contributed by atoms with van der Waals surface area (Å²) < 4.78 is 26.8. The van der Waals surface area contributed by atoms with Gasteiger partial charge in [0.25, 0.3) is 0 Å². The summed E-state index contributed by atoms with van der Waals surface area (Å²) >= 11 is 0. The predicted octanol–water partition coefficient (Wildman–Crippen LogP) is 4.43. The highest BCUT2D eigenvalue weighted by molar-refractivity contribution is 7.89. The van der Waals surface area contributed by atoms with Crippen molar-refractivity contribution in [1.29, 1.82) is 0 Å². The van der Waals surface area contributed by atoms with Crippen molar-refractivity contribution < 1.29 is 13.2 Å². The molecule has 3 aromatic rings. The fourth-order valence-corrected chi connectivity index (χ4v) is 5.70. The third kappa shape index (κ3) is 4.81. The molecule has 0 unspecified atom stereocenters. The number of hydrogen-bond acceptors (Lipinski definition) is 3. The lowest BCUT2D eigenvalue weighted by molar-refractivity contribution is -0.121. The summed E-state index contributed by atoms with van der Waals surface area (Å²) in [6, 6.07) is 21.1. The van der Waals surface area contributed by atoms with E-state index in [0.29, 0.717) is 30.8 Å². The average molecular weight is 437 g/mol. The quantitative estimate of drug-likeness (QED) is 0.596. The molecule has 5 nitrogen and oxygen atoms in total. The van der Waals surface area contributed by atoms with Crippen LogP contribution < -0.4 is 5.32 Å². The Hall–Kier alpha value is -2.70. The zero-order valence-electron chi connectivity index (χ0n) is 17.8. The van der Waals surface area contributed by atoms with Gasteiger partial charge in [-0.05, 0) is 60.2 Å². The van der Waals surface area contributed by atoms with E-state index < -0.39 is 10.0 Å². The Kier molecular flexibility index (Phi) is 6.39. The number of benzene rings is 3. The van der Waals surface area contributed by atoms with Crippen LogP contribution in [0.1, 0.15) is 43.4 Å². The normalized spacial score (nSPS) is 15.8. The van der Waals surface area contributed by atoms with E-state index in [1.807, 2.05) is 43.3 Å². The Morgan fingerprint density at radius 1 is 0.968 bits per heavy atom. The Bertz CT molecular complexity index is 1160. The summed E-state index contributed by atoms with van der Waals surface area (Å²) in [7, 11) is -3.40. The number of sulfonamides is 1. The fraction of sp³-hybridized carbons (Fsp3) is 0.320. The van der Waals surface area contributed by atoms with Gasteiger partial charge in [0.2, 0.25) is 15.9 Å². The van der Waals surface area contributed by atoms with Gasteiger partial charge in [0.05, 0.1) is 10.9 Å². The molecule has 1 heterocycles. The number of carbonyl (C=O) groups excluding carboxylic acids is 1. The van der Waals surface area contributed by atoms with E-state index in [4.69, 9.17) is 0 Å². The van der Waals surface area contributed by atoms with Gasteiger partial charge in [0, 0.05) is 19.5 Å². The second-order valence-corrected chi connectivity index (χ2v) is 10.1. The Labute approximate surface area is 184 Å². The van der Waals surface area contributed by atoms with Crippen molar-refractivity contribution in [1.82, 2.24) is 9.62 Å². The van der Waals surface area contributed by atoms with Crippen molar-refractivity contribution in [3.8, 4) is 0 Å². The van der Waals surface area contributed by atoms with Gasteiger partial charge in [-0.3, -0.25) is 4.79 Å². The van der Waals surface area contributed by atoms with Crippen LogP contribution in [0.15, 0.2) is 71.6 Å². The largest absolute Gasteiger partial charge is 0.350 e. The molecule has 1 N–H and O–H groups in total. The first-order chi connectivity index (χ1) is 14.9. The minimum Gasteiger partial charge on any atom is -0.350 e. The molecule has 0 radical (unpaired) electrons. The fourth-order valence-electron chi connectivity index (χ4n) is 4.18. The van der Waals surface area contributed by atoms with Gasteiger partial charge in [-0.2, -0.15) is 4.31 Å². The van der Waals surface area contributed by atoms with Gasteiger partial charge < -0.3 is 5.32 Å². The molecule has 1 aliphatic rings. The minimum absolute atomic E-state index is 0.0193. The average Bonchev–Trinajstić information content (AvgIpc) is 3.33. The summed E-state index contributed by atoms with van der Waals surface area (Å²) in [5.41, 5.74) is 2.05. The molecule has 0 spiro atoms.